The topological polar surface area (TPSA) is 153 Å². The number of amides is 2. The molecule has 4 heterocycles. The van der Waals surface area contributed by atoms with Gasteiger partial charge in [0.2, 0.25) is 11.9 Å². The third-order valence-corrected chi connectivity index (χ3v) is 8.89. The van der Waals surface area contributed by atoms with Gasteiger partial charge in [0, 0.05) is 42.4 Å². The standard InChI is InChI=1S/C27H24ClFN8O4S/c1-13-18(8-31-27(33-13)36-11-15-6-17(15)26(36)39)14(2)37-12-16(7-32-37)34-25(38)21-10-30-9-20(35-21)23-22(42(3,40)41)5-4-19(28)24(23)29/h4-5,7-10,12,14-15,17H,6,11H2,1-3H3,(H,34,38)/t14-,15+,17+/m0/s1. The number of anilines is 2. The van der Waals surface area contributed by atoms with Gasteiger partial charge in [-0.2, -0.15) is 5.10 Å². The van der Waals surface area contributed by atoms with Crippen molar-refractivity contribution in [1.29, 1.82) is 0 Å². The Morgan fingerprint density at radius 1 is 1.19 bits per heavy atom. The van der Waals surface area contributed by atoms with Crippen LogP contribution in [0, 0.1) is 24.6 Å². The van der Waals surface area contributed by atoms with Crippen LogP contribution in [0.5, 0.6) is 0 Å². The van der Waals surface area contributed by atoms with Crippen molar-refractivity contribution in [2.75, 3.05) is 23.0 Å². The Hall–Kier alpha value is -4.30. The number of aryl methyl sites for hydroxylation is 1. The van der Waals surface area contributed by atoms with E-state index in [-0.39, 0.29) is 44.7 Å². The quantitative estimate of drug-likeness (QED) is 0.331. The number of sulfone groups is 1. The molecule has 1 aliphatic carbocycles. The lowest BCUT2D eigenvalue weighted by atomic mass is 10.1. The average Bonchev–Trinajstić information content (AvgIpc) is 3.45. The molecule has 2 fully saturated rings. The molecule has 0 radical (unpaired) electrons. The molecule has 15 heteroatoms. The highest BCUT2D eigenvalue weighted by molar-refractivity contribution is 7.90. The van der Waals surface area contributed by atoms with Crippen LogP contribution < -0.4 is 10.2 Å². The first kappa shape index (κ1) is 27.8. The molecular weight excluding hydrogens is 587 g/mol. The second-order valence-corrected chi connectivity index (χ2v) is 12.8. The maximum absolute atomic E-state index is 14.9. The van der Waals surface area contributed by atoms with Crippen LogP contribution in [0.4, 0.5) is 16.0 Å². The average molecular weight is 611 g/mol. The molecule has 2 amide bonds. The van der Waals surface area contributed by atoms with Gasteiger partial charge in [-0.1, -0.05) is 11.6 Å². The predicted octanol–water partition coefficient (Wildman–Crippen LogP) is 3.48. The molecule has 1 N–H and O–H groups in total. The van der Waals surface area contributed by atoms with E-state index in [1.54, 1.807) is 22.0 Å². The maximum Gasteiger partial charge on any atom is 0.275 e. The number of benzene rings is 1. The van der Waals surface area contributed by atoms with E-state index >= 15 is 0 Å². The monoisotopic (exact) mass is 610 g/mol. The van der Waals surface area contributed by atoms with E-state index < -0.39 is 21.6 Å². The van der Waals surface area contributed by atoms with Crippen molar-refractivity contribution in [3.8, 4) is 11.3 Å². The lowest BCUT2D eigenvalue weighted by Crippen LogP contribution is -2.30. The zero-order valence-electron chi connectivity index (χ0n) is 22.6. The minimum absolute atomic E-state index is 0.0800. The molecule has 3 atom stereocenters. The molecule has 6 rings (SSSR count). The first-order valence-corrected chi connectivity index (χ1v) is 15.2. The van der Waals surface area contributed by atoms with Gasteiger partial charge in [0.1, 0.15) is 5.69 Å². The first-order chi connectivity index (χ1) is 19.9. The van der Waals surface area contributed by atoms with Crippen LogP contribution in [0.15, 0.2) is 48.0 Å². The van der Waals surface area contributed by atoms with Crippen LogP contribution >= 0.6 is 11.6 Å². The Morgan fingerprint density at radius 3 is 2.67 bits per heavy atom. The van der Waals surface area contributed by atoms with E-state index in [9.17, 15) is 22.4 Å². The van der Waals surface area contributed by atoms with Crippen molar-refractivity contribution < 1.29 is 22.4 Å². The second kappa shape index (κ2) is 10.2. The zero-order chi connectivity index (χ0) is 29.9. The molecular formula is C27H24ClFN8O4S. The fourth-order valence-corrected chi connectivity index (χ4v) is 6.13. The number of carbonyl (C=O) groups is 2. The molecule has 0 bridgehead atoms. The van der Waals surface area contributed by atoms with Crippen molar-refractivity contribution in [2.45, 2.75) is 31.2 Å². The number of aromatic nitrogens is 6. The number of rotatable bonds is 7. The van der Waals surface area contributed by atoms with Crippen LogP contribution in [0.1, 0.15) is 41.1 Å². The molecule has 216 valence electrons. The summed E-state index contributed by atoms with van der Waals surface area (Å²) in [6.45, 7) is 4.39. The number of nitrogens with zero attached hydrogens (tertiary/aromatic N) is 7. The van der Waals surface area contributed by atoms with Crippen LogP contribution in [0.25, 0.3) is 11.3 Å². The molecule has 42 heavy (non-hydrogen) atoms. The van der Waals surface area contributed by atoms with Gasteiger partial charge >= 0.3 is 0 Å². The first-order valence-electron chi connectivity index (χ1n) is 12.9. The number of fused-ring (bicyclic) bond motifs is 1. The van der Waals surface area contributed by atoms with E-state index in [4.69, 9.17) is 11.6 Å². The maximum atomic E-state index is 14.9. The van der Waals surface area contributed by atoms with Crippen molar-refractivity contribution in [3.05, 3.63) is 70.9 Å². The summed E-state index contributed by atoms with van der Waals surface area (Å²) in [4.78, 5) is 43.8. The SMILES string of the molecule is Cc1nc(N2C[C@H]3C[C@H]3C2=O)ncc1[C@H](C)n1cc(NC(=O)c2cncc(-c3c(S(C)(=O)=O)ccc(Cl)c3F)n2)cn1. The fourth-order valence-electron chi connectivity index (χ4n) is 5.09. The Kier molecular flexibility index (Phi) is 6.77. The Labute approximate surface area is 244 Å². The van der Waals surface area contributed by atoms with E-state index in [1.165, 1.54) is 18.5 Å². The van der Waals surface area contributed by atoms with Crippen LogP contribution in [-0.2, 0) is 14.6 Å². The van der Waals surface area contributed by atoms with Gasteiger partial charge in [0.05, 0.1) is 51.5 Å². The smallest absolute Gasteiger partial charge is 0.275 e. The Morgan fingerprint density at radius 2 is 1.98 bits per heavy atom. The Balaban J connectivity index is 1.20. The van der Waals surface area contributed by atoms with Crippen LogP contribution in [-0.4, -0.2) is 62.7 Å². The number of hydrogen-bond acceptors (Lipinski definition) is 9. The van der Waals surface area contributed by atoms with Crippen molar-refractivity contribution in [3.63, 3.8) is 0 Å². The molecule has 0 unspecified atom stereocenters. The number of piperidine rings is 1. The number of hydrogen-bond donors (Lipinski definition) is 1. The lowest BCUT2D eigenvalue weighted by Gasteiger charge is -2.19. The van der Waals surface area contributed by atoms with Crippen molar-refractivity contribution in [1.82, 2.24) is 29.7 Å². The lowest BCUT2D eigenvalue weighted by molar-refractivity contribution is -0.118. The highest BCUT2D eigenvalue weighted by atomic mass is 35.5. The van der Waals surface area contributed by atoms with E-state index in [0.717, 1.165) is 30.5 Å². The van der Waals surface area contributed by atoms with Crippen LogP contribution in [0.2, 0.25) is 5.02 Å². The zero-order valence-corrected chi connectivity index (χ0v) is 24.2. The van der Waals surface area contributed by atoms with Gasteiger partial charge < -0.3 is 5.32 Å². The molecule has 1 saturated carbocycles. The minimum atomic E-state index is -3.85. The Bertz CT molecular complexity index is 1880. The summed E-state index contributed by atoms with van der Waals surface area (Å²) in [6, 6.07) is 2.02. The summed E-state index contributed by atoms with van der Waals surface area (Å²) in [6.07, 6.45) is 8.95. The molecule has 3 aromatic heterocycles. The summed E-state index contributed by atoms with van der Waals surface area (Å²) in [5, 5.41) is 6.72. The number of carbonyl (C=O) groups excluding carboxylic acids is 2. The summed E-state index contributed by atoms with van der Waals surface area (Å²) in [5.74, 6) is -0.652. The van der Waals surface area contributed by atoms with E-state index in [1.807, 2.05) is 13.8 Å². The summed E-state index contributed by atoms with van der Waals surface area (Å²) < 4.78 is 41.1. The van der Waals surface area contributed by atoms with Gasteiger partial charge in [-0.15, -0.1) is 0 Å². The molecule has 1 aromatic carbocycles. The van der Waals surface area contributed by atoms with Crippen molar-refractivity contribution in [2.24, 2.45) is 11.8 Å². The highest BCUT2D eigenvalue weighted by Gasteiger charge is 2.53. The predicted molar refractivity (Wildman–Crippen MR) is 150 cm³/mol. The van der Waals surface area contributed by atoms with E-state index in [2.05, 4.69) is 30.4 Å². The number of halogens is 2. The molecule has 4 aromatic rings. The molecule has 1 saturated heterocycles. The molecule has 1 aliphatic heterocycles. The van der Waals surface area contributed by atoms with Crippen molar-refractivity contribution >= 4 is 44.9 Å². The third-order valence-electron chi connectivity index (χ3n) is 7.45. The van der Waals surface area contributed by atoms with Gasteiger partial charge in [-0.05, 0) is 38.3 Å². The van der Waals surface area contributed by atoms with Crippen LogP contribution in [0.3, 0.4) is 0 Å². The van der Waals surface area contributed by atoms with Gasteiger partial charge in [-0.3, -0.25) is 24.2 Å². The third kappa shape index (κ3) is 5.00. The normalized spacial score (nSPS) is 18.6. The van der Waals surface area contributed by atoms with Gasteiger partial charge in [0.15, 0.2) is 15.7 Å². The van der Waals surface area contributed by atoms with Gasteiger partial charge in [-0.25, -0.2) is 27.8 Å². The summed E-state index contributed by atoms with van der Waals surface area (Å²) in [7, 11) is -3.85. The minimum Gasteiger partial charge on any atom is -0.318 e. The van der Waals surface area contributed by atoms with Gasteiger partial charge in [0.25, 0.3) is 5.91 Å². The fraction of sp³-hybridized carbons (Fsp3) is 0.296. The highest BCUT2D eigenvalue weighted by Crippen LogP contribution is 2.46. The summed E-state index contributed by atoms with van der Waals surface area (Å²) in [5.41, 5.74) is 1.13. The second-order valence-electron chi connectivity index (χ2n) is 10.4. The number of nitrogens with one attached hydrogen (secondary N) is 1. The van der Waals surface area contributed by atoms with E-state index in [0.29, 0.717) is 29.8 Å². The largest absolute Gasteiger partial charge is 0.318 e. The molecule has 12 nitrogen and oxygen atoms in total. The molecule has 0 spiro atoms. The molecule has 2 aliphatic rings. The summed E-state index contributed by atoms with van der Waals surface area (Å²) >= 11 is 5.90.